The number of nitrogens with zero attached hydrogens (tertiary/aromatic N) is 2. The van der Waals surface area contributed by atoms with Gasteiger partial charge in [-0.3, -0.25) is 9.67 Å². The summed E-state index contributed by atoms with van der Waals surface area (Å²) in [7, 11) is 0. The van der Waals surface area contributed by atoms with Crippen molar-refractivity contribution in [3.05, 3.63) is 52.1 Å². The molecule has 6 heteroatoms. The van der Waals surface area contributed by atoms with Crippen LogP contribution in [0.4, 0.5) is 0 Å². The minimum atomic E-state index is 0.165. The second-order valence-corrected chi connectivity index (χ2v) is 6.22. The summed E-state index contributed by atoms with van der Waals surface area (Å²) in [6.45, 7) is 0.693. The van der Waals surface area contributed by atoms with Crippen molar-refractivity contribution in [1.82, 2.24) is 14.8 Å². The fraction of sp³-hybridized carbons (Fsp3) is 0.200. The molecule has 0 bridgehead atoms. The van der Waals surface area contributed by atoms with Crippen molar-refractivity contribution in [2.75, 3.05) is 6.61 Å². The lowest BCUT2D eigenvalue weighted by Crippen LogP contribution is -2.21. The van der Waals surface area contributed by atoms with Gasteiger partial charge in [-0.2, -0.15) is 5.10 Å². The molecule has 0 radical (unpaired) electrons. The number of aromatic amines is 1. The van der Waals surface area contributed by atoms with E-state index in [1.807, 2.05) is 24.3 Å². The van der Waals surface area contributed by atoms with Crippen LogP contribution in [0.15, 0.2) is 41.8 Å². The van der Waals surface area contributed by atoms with Gasteiger partial charge in [0.25, 0.3) is 0 Å². The van der Waals surface area contributed by atoms with Gasteiger partial charge in [0.05, 0.1) is 17.5 Å². The summed E-state index contributed by atoms with van der Waals surface area (Å²) >= 11 is 7.13. The van der Waals surface area contributed by atoms with E-state index in [1.165, 1.54) is 5.56 Å². The molecule has 106 valence electrons. The van der Waals surface area contributed by atoms with E-state index in [4.69, 9.17) is 17.0 Å². The highest BCUT2D eigenvalue weighted by Gasteiger charge is 2.26. The van der Waals surface area contributed by atoms with Gasteiger partial charge in [0.2, 0.25) is 0 Å². The molecule has 0 saturated heterocycles. The van der Waals surface area contributed by atoms with Crippen LogP contribution in [0.1, 0.15) is 18.0 Å². The first kappa shape index (κ1) is 12.8. The summed E-state index contributed by atoms with van der Waals surface area (Å²) in [6.07, 6.45) is 0.892. The van der Waals surface area contributed by atoms with Crippen LogP contribution in [0.5, 0.6) is 5.75 Å². The number of para-hydroxylation sites is 1. The number of H-pyrrole nitrogens is 1. The van der Waals surface area contributed by atoms with Crippen molar-refractivity contribution < 1.29 is 4.74 Å². The van der Waals surface area contributed by atoms with Gasteiger partial charge in [0.15, 0.2) is 10.6 Å². The number of hydrogen-bond acceptors (Lipinski definition) is 4. The second-order valence-electron chi connectivity index (χ2n) is 4.89. The smallest absolute Gasteiger partial charge is 0.196 e. The maximum absolute atomic E-state index is 5.75. The zero-order valence-electron chi connectivity index (χ0n) is 11.2. The Morgan fingerprint density at radius 2 is 2.19 bits per heavy atom. The molecule has 1 unspecified atom stereocenters. The quantitative estimate of drug-likeness (QED) is 0.726. The molecule has 0 spiro atoms. The Hall–Kier alpha value is -1.92. The first-order chi connectivity index (χ1) is 10.3. The van der Waals surface area contributed by atoms with Gasteiger partial charge in [-0.25, -0.2) is 0 Å². The molecule has 4 nitrogen and oxygen atoms in total. The van der Waals surface area contributed by atoms with E-state index >= 15 is 0 Å². The molecule has 1 atom stereocenters. The number of ether oxygens (including phenoxy) is 1. The van der Waals surface area contributed by atoms with E-state index in [1.54, 1.807) is 11.3 Å². The molecule has 4 rings (SSSR count). The molecule has 21 heavy (non-hydrogen) atoms. The average molecular weight is 315 g/mol. The van der Waals surface area contributed by atoms with Crippen LogP contribution in [0.2, 0.25) is 0 Å². The van der Waals surface area contributed by atoms with Crippen molar-refractivity contribution in [2.45, 2.75) is 12.5 Å². The zero-order valence-corrected chi connectivity index (χ0v) is 12.8. The average Bonchev–Trinajstić information content (AvgIpc) is 3.16. The molecule has 0 aliphatic carbocycles. The van der Waals surface area contributed by atoms with Gasteiger partial charge in [0, 0.05) is 12.0 Å². The first-order valence-electron chi connectivity index (χ1n) is 6.77. The Kier molecular flexibility index (Phi) is 3.12. The third-order valence-corrected chi connectivity index (χ3v) is 4.84. The summed E-state index contributed by atoms with van der Waals surface area (Å²) in [5, 5.41) is 9.41. The van der Waals surface area contributed by atoms with E-state index in [2.05, 4.69) is 32.3 Å². The number of thiophene rings is 1. The minimum Gasteiger partial charge on any atom is -0.493 e. The molecule has 1 aromatic carbocycles. The summed E-state index contributed by atoms with van der Waals surface area (Å²) in [4.78, 5) is 1.12. The van der Waals surface area contributed by atoms with E-state index < -0.39 is 0 Å². The fourth-order valence-electron chi connectivity index (χ4n) is 2.76. The molecular formula is C15H13N3OS2. The summed E-state index contributed by atoms with van der Waals surface area (Å²) < 4.78 is 8.51. The van der Waals surface area contributed by atoms with Gasteiger partial charge in [-0.05, 0) is 29.7 Å². The number of rotatable bonds is 2. The topological polar surface area (TPSA) is 42.8 Å². The molecule has 1 aliphatic rings. The zero-order chi connectivity index (χ0) is 14.2. The van der Waals surface area contributed by atoms with Crippen LogP contribution in [0.3, 0.4) is 0 Å². The van der Waals surface area contributed by atoms with E-state index in [9.17, 15) is 0 Å². The summed E-state index contributed by atoms with van der Waals surface area (Å²) in [5.41, 5.74) is 1.17. The Morgan fingerprint density at radius 3 is 3.05 bits per heavy atom. The molecule has 1 N–H and O–H groups in total. The number of hydrogen-bond donors (Lipinski definition) is 1. The molecule has 3 heterocycles. The highest BCUT2D eigenvalue weighted by molar-refractivity contribution is 7.71. The third kappa shape index (κ3) is 2.11. The SMILES string of the molecule is S=c1[nH]nc(-c2cccs2)n1C1CCOc2ccccc21. The largest absolute Gasteiger partial charge is 0.493 e. The van der Waals surface area contributed by atoms with Gasteiger partial charge < -0.3 is 4.74 Å². The van der Waals surface area contributed by atoms with Crippen molar-refractivity contribution in [2.24, 2.45) is 0 Å². The molecule has 1 aliphatic heterocycles. The van der Waals surface area contributed by atoms with Gasteiger partial charge >= 0.3 is 0 Å². The Bertz CT molecular complexity index is 820. The standard InChI is InChI=1S/C15H13N3OS2/c20-15-17-16-14(13-6-3-9-21-13)18(15)11-7-8-19-12-5-2-1-4-10(11)12/h1-6,9,11H,7-8H2,(H,17,20). The Balaban J connectivity index is 1.89. The van der Waals surface area contributed by atoms with Crippen LogP contribution in [0.25, 0.3) is 10.7 Å². The predicted molar refractivity (Wildman–Crippen MR) is 85.4 cm³/mol. The lowest BCUT2D eigenvalue weighted by molar-refractivity contribution is 0.256. The molecule has 2 aromatic heterocycles. The van der Waals surface area contributed by atoms with Crippen molar-refractivity contribution >= 4 is 23.6 Å². The summed E-state index contributed by atoms with van der Waals surface area (Å²) in [6, 6.07) is 12.4. The lowest BCUT2D eigenvalue weighted by Gasteiger charge is -2.27. The van der Waals surface area contributed by atoms with E-state index in [-0.39, 0.29) is 6.04 Å². The molecule has 0 fully saturated rings. The molecule has 0 saturated carbocycles. The maximum atomic E-state index is 5.75. The molecule has 3 aromatic rings. The van der Waals surface area contributed by atoms with Crippen LogP contribution in [-0.2, 0) is 0 Å². The van der Waals surface area contributed by atoms with Crippen LogP contribution < -0.4 is 4.74 Å². The second kappa shape index (κ2) is 5.13. The predicted octanol–water partition coefficient (Wildman–Crippen LogP) is 4.04. The van der Waals surface area contributed by atoms with Gasteiger partial charge in [-0.15, -0.1) is 11.3 Å². The third-order valence-electron chi connectivity index (χ3n) is 3.68. The fourth-order valence-corrected chi connectivity index (χ4v) is 3.73. The van der Waals surface area contributed by atoms with E-state index in [0.717, 1.165) is 22.9 Å². The van der Waals surface area contributed by atoms with Crippen molar-refractivity contribution in [3.63, 3.8) is 0 Å². The maximum Gasteiger partial charge on any atom is 0.196 e. The van der Waals surface area contributed by atoms with E-state index in [0.29, 0.717) is 11.4 Å². The highest BCUT2D eigenvalue weighted by atomic mass is 32.1. The van der Waals surface area contributed by atoms with Crippen molar-refractivity contribution in [3.8, 4) is 16.5 Å². The Labute approximate surface area is 131 Å². The number of aromatic nitrogens is 3. The van der Waals surface area contributed by atoms with Gasteiger partial charge in [0.1, 0.15) is 5.75 Å². The molecule has 0 amide bonds. The first-order valence-corrected chi connectivity index (χ1v) is 8.06. The number of nitrogens with one attached hydrogen (secondary N) is 1. The van der Waals surface area contributed by atoms with Gasteiger partial charge in [-0.1, -0.05) is 24.3 Å². The molecular weight excluding hydrogens is 302 g/mol. The monoisotopic (exact) mass is 315 g/mol. The van der Waals surface area contributed by atoms with Crippen molar-refractivity contribution in [1.29, 1.82) is 0 Å². The van der Waals surface area contributed by atoms with Crippen LogP contribution in [0, 0.1) is 4.77 Å². The number of fused-ring (bicyclic) bond motifs is 1. The lowest BCUT2D eigenvalue weighted by atomic mass is 10.0. The normalized spacial score (nSPS) is 17.2. The Morgan fingerprint density at radius 1 is 1.29 bits per heavy atom. The van der Waals surface area contributed by atoms with Crippen LogP contribution in [-0.4, -0.2) is 21.4 Å². The summed E-state index contributed by atoms with van der Waals surface area (Å²) in [5.74, 6) is 1.84. The highest BCUT2D eigenvalue weighted by Crippen LogP contribution is 2.37. The number of benzene rings is 1. The minimum absolute atomic E-state index is 0.165. The van der Waals surface area contributed by atoms with Crippen LogP contribution >= 0.6 is 23.6 Å².